The molecule has 0 spiro atoms. The predicted octanol–water partition coefficient (Wildman–Crippen LogP) is 3.06. The van der Waals surface area contributed by atoms with Gasteiger partial charge in [-0.2, -0.15) is 0 Å². The van der Waals surface area contributed by atoms with E-state index in [4.69, 9.17) is 11.6 Å². The second-order valence-electron chi connectivity index (χ2n) is 4.89. The van der Waals surface area contributed by atoms with Crippen molar-refractivity contribution in [3.05, 3.63) is 46.2 Å². The summed E-state index contributed by atoms with van der Waals surface area (Å²) in [7, 11) is 0. The van der Waals surface area contributed by atoms with Crippen molar-refractivity contribution in [1.82, 2.24) is 15.0 Å². The lowest BCUT2D eigenvalue weighted by Gasteiger charge is -2.26. The molecule has 1 aliphatic carbocycles. The van der Waals surface area contributed by atoms with Crippen molar-refractivity contribution in [2.45, 2.75) is 31.7 Å². The van der Waals surface area contributed by atoms with Crippen LogP contribution in [0.25, 0.3) is 0 Å². The van der Waals surface area contributed by atoms with Crippen LogP contribution in [0.1, 0.15) is 46.9 Å². The Balaban J connectivity index is 1.92. The molecule has 98 valence electrons. The molecule has 1 heterocycles. The highest BCUT2D eigenvalue weighted by Gasteiger charge is 2.27. The number of carbonyl (C=O) groups excluding carboxylic acids is 1. The van der Waals surface area contributed by atoms with Gasteiger partial charge >= 0.3 is 0 Å². The van der Waals surface area contributed by atoms with Crippen molar-refractivity contribution in [2.24, 2.45) is 0 Å². The summed E-state index contributed by atoms with van der Waals surface area (Å²) in [6, 6.07) is 7.67. The Morgan fingerprint density at radius 2 is 2.26 bits per heavy atom. The highest BCUT2D eigenvalue weighted by molar-refractivity contribution is 6.30. The number of rotatable bonds is 4. The van der Waals surface area contributed by atoms with E-state index >= 15 is 0 Å². The molecule has 0 radical (unpaired) electrons. The number of aromatic nitrogens is 3. The maximum Gasteiger partial charge on any atom is 0.172 e. The average Bonchev–Trinajstić information content (AvgIpc) is 2.70. The SMILES string of the molecule is O=Cc1nnn(Cc2cccc(Cl)c2)c1C1CCC1. The molecule has 5 heteroatoms. The zero-order valence-corrected chi connectivity index (χ0v) is 11.2. The predicted molar refractivity (Wildman–Crippen MR) is 72.6 cm³/mol. The van der Waals surface area contributed by atoms with Crippen molar-refractivity contribution < 1.29 is 4.79 Å². The van der Waals surface area contributed by atoms with Gasteiger partial charge in [-0.25, -0.2) is 4.68 Å². The van der Waals surface area contributed by atoms with Gasteiger partial charge in [-0.3, -0.25) is 4.79 Å². The second-order valence-corrected chi connectivity index (χ2v) is 5.33. The molecular weight excluding hydrogens is 262 g/mol. The molecule has 0 amide bonds. The molecule has 1 saturated carbocycles. The summed E-state index contributed by atoms with van der Waals surface area (Å²) in [5, 5.41) is 8.78. The first-order chi connectivity index (χ1) is 9.28. The number of aldehydes is 1. The van der Waals surface area contributed by atoms with Gasteiger partial charge in [0, 0.05) is 10.9 Å². The van der Waals surface area contributed by atoms with E-state index in [-0.39, 0.29) is 0 Å². The van der Waals surface area contributed by atoms with Gasteiger partial charge in [0.2, 0.25) is 0 Å². The molecule has 1 aliphatic rings. The van der Waals surface area contributed by atoms with Crippen LogP contribution in [0.2, 0.25) is 5.02 Å². The van der Waals surface area contributed by atoms with Crippen LogP contribution < -0.4 is 0 Å². The van der Waals surface area contributed by atoms with Crippen LogP contribution in [0.4, 0.5) is 0 Å². The first-order valence-corrected chi connectivity index (χ1v) is 6.78. The van der Waals surface area contributed by atoms with E-state index in [1.807, 2.05) is 28.9 Å². The first-order valence-electron chi connectivity index (χ1n) is 6.41. The van der Waals surface area contributed by atoms with Crippen LogP contribution >= 0.6 is 11.6 Å². The average molecular weight is 276 g/mol. The van der Waals surface area contributed by atoms with Gasteiger partial charge < -0.3 is 0 Å². The lowest BCUT2D eigenvalue weighted by Crippen LogP contribution is -2.17. The number of halogens is 1. The molecule has 0 atom stereocenters. The van der Waals surface area contributed by atoms with Gasteiger partial charge in [0.15, 0.2) is 6.29 Å². The molecule has 1 fully saturated rings. The first kappa shape index (κ1) is 12.4. The van der Waals surface area contributed by atoms with E-state index in [0.717, 1.165) is 30.4 Å². The Morgan fingerprint density at radius 3 is 2.89 bits per heavy atom. The number of hydrogen-bond donors (Lipinski definition) is 0. The van der Waals surface area contributed by atoms with Crippen LogP contribution in [0.3, 0.4) is 0 Å². The van der Waals surface area contributed by atoms with Gasteiger partial charge in [0.25, 0.3) is 0 Å². The minimum Gasteiger partial charge on any atom is -0.296 e. The third-order valence-electron chi connectivity index (χ3n) is 3.63. The van der Waals surface area contributed by atoms with Gasteiger partial charge in [0.05, 0.1) is 12.2 Å². The normalized spacial score (nSPS) is 15.2. The minimum absolute atomic E-state index is 0.425. The van der Waals surface area contributed by atoms with Crippen molar-refractivity contribution in [1.29, 1.82) is 0 Å². The van der Waals surface area contributed by atoms with E-state index in [2.05, 4.69) is 10.3 Å². The van der Waals surface area contributed by atoms with Crippen molar-refractivity contribution in [3.8, 4) is 0 Å². The summed E-state index contributed by atoms with van der Waals surface area (Å²) in [5.74, 6) is 0.425. The summed E-state index contributed by atoms with van der Waals surface area (Å²) in [6.45, 7) is 0.604. The highest BCUT2D eigenvalue weighted by atomic mass is 35.5. The second kappa shape index (κ2) is 5.13. The fourth-order valence-corrected chi connectivity index (χ4v) is 2.66. The summed E-state index contributed by atoms with van der Waals surface area (Å²) in [6.07, 6.45) is 4.24. The molecule has 0 saturated heterocycles. The molecule has 3 rings (SSSR count). The smallest absolute Gasteiger partial charge is 0.172 e. The standard InChI is InChI=1S/C14H14ClN3O/c15-12-6-1-3-10(7-12)8-18-14(11-4-2-5-11)13(9-19)16-17-18/h1,3,6-7,9,11H,2,4-5,8H2. The largest absolute Gasteiger partial charge is 0.296 e. The van der Waals surface area contributed by atoms with Gasteiger partial charge in [-0.1, -0.05) is 35.4 Å². The summed E-state index contributed by atoms with van der Waals surface area (Å²) < 4.78 is 1.83. The third-order valence-corrected chi connectivity index (χ3v) is 3.86. The molecule has 0 N–H and O–H groups in total. The maximum atomic E-state index is 11.1. The van der Waals surface area contributed by atoms with Crippen molar-refractivity contribution >= 4 is 17.9 Å². The lowest BCUT2D eigenvalue weighted by atomic mass is 9.82. The Kier molecular flexibility index (Phi) is 3.34. The Morgan fingerprint density at radius 1 is 1.42 bits per heavy atom. The quantitative estimate of drug-likeness (QED) is 0.806. The van der Waals surface area contributed by atoms with E-state index in [1.165, 1.54) is 6.42 Å². The zero-order chi connectivity index (χ0) is 13.2. The van der Waals surface area contributed by atoms with Gasteiger partial charge in [-0.05, 0) is 30.5 Å². The minimum atomic E-state index is 0.425. The molecule has 1 aromatic heterocycles. The molecule has 0 aliphatic heterocycles. The van der Waals surface area contributed by atoms with E-state index in [9.17, 15) is 4.79 Å². The van der Waals surface area contributed by atoms with E-state index in [1.54, 1.807) is 0 Å². The van der Waals surface area contributed by atoms with Gasteiger partial charge in [0.1, 0.15) is 5.69 Å². The van der Waals surface area contributed by atoms with Crippen LogP contribution in [0.5, 0.6) is 0 Å². The zero-order valence-electron chi connectivity index (χ0n) is 10.4. The number of nitrogens with zero attached hydrogens (tertiary/aromatic N) is 3. The monoisotopic (exact) mass is 275 g/mol. The van der Waals surface area contributed by atoms with Crippen LogP contribution in [-0.2, 0) is 6.54 Å². The van der Waals surface area contributed by atoms with E-state index in [0.29, 0.717) is 23.2 Å². The number of hydrogen-bond acceptors (Lipinski definition) is 3. The summed E-state index contributed by atoms with van der Waals surface area (Å²) in [4.78, 5) is 11.1. The molecule has 0 bridgehead atoms. The number of carbonyl (C=O) groups is 1. The van der Waals surface area contributed by atoms with Crippen LogP contribution in [-0.4, -0.2) is 21.3 Å². The molecule has 4 nitrogen and oxygen atoms in total. The molecule has 1 aromatic carbocycles. The topological polar surface area (TPSA) is 47.8 Å². The number of benzene rings is 1. The fourth-order valence-electron chi connectivity index (χ4n) is 2.44. The highest BCUT2D eigenvalue weighted by Crippen LogP contribution is 2.37. The Labute approximate surface area is 116 Å². The van der Waals surface area contributed by atoms with Crippen LogP contribution in [0, 0.1) is 0 Å². The van der Waals surface area contributed by atoms with Crippen molar-refractivity contribution in [2.75, 3.05) is 0 Å². The van der Waals surface area contributed by atoms with E-state index < -0.39 is 0 Å². The molecule has 0 unspecified atom stereocenters. The van der Waals surface area contributed by atoms with Crippen LogP contribution in [0.15, 0.2) is 24.3 Å². The lowest BCUT2D eigenvalue weighted by molar-refractivity contribution is 0.111. The summed E-state index contributed by atoms with van der Waals surface area (Å²) >= 11 is 5.98. The Bertz CT molecular complexity index is 604. The Hall–Kier alpha value is -1.68. The fraction of sp³-hybridized carbons (Fsp3) is 0.357. The van der Waals surface area contributed by atoms with Gasteiger partial charge in [-0.15, -0.1) is 5.10 Å². The summed E-state index contributed by atoms with van der Waals surface area (Å²) in [5.41, 5.74) is 2.52. The third kappa shape index (κ3) is 2.40. The molecule has 19 heavy (non-hydrogen) atoms. The molecular formula is C14H14ClN3O. The molecule has 2 aromatic rings. The van der Waals surface area contributed by atoms with Crippen molar-refractivity contribution in [3.63, 3.8) is 0 Å². The maximum absolute atomic E-state index is 11.1.